The van der Waals surface area contributed by atoms with Crippen LogP contribution in [0.4, 0.5) is 24.5 Å². The van der Waals surface area contributed by atoms with Crippen LogP contribution in [-0.4, -0.2) is 11.8 Å². The van der Waals surface area contributed by atoms with E-state index in [2.05, 4.69) is 10.6 Å². The number of hydrogen-bond donors (Lipinski definition) is 2. The lowest BCUT2D eigenvalue weighted by molar-refractivity contribution is -0.136. The first-order valence-corrected chi connectivity index (χ1v) is 8.43. The maximum atomic E-state index is 13.1. The first-order chi connectivity index (χ1) is 13.8. The highest BCUT2D eigenvalue weighted by molar-refractivity contribution is 6.06. The van der Waals surface area contributed by atoms with Crippen LogP contribution in [0.1, 0.15) is 21.7 Å². The van der Waals surface area contributed by atoms with E-state index in [4.69, 9.17) is 4.42 Å². The van der Waals surface area contributed by atoms with E-state index in [1.54, 1.807) is 18.2 Å². The van der Waals surface area contributed by atoms with Crippen LogP contribution >= 0.6 is 0 Å². The smallest absolute Gasteiger partial charge is 0.418 e. The van der Waals surface area contributed by atoms with Crippen molar-refractivity contribution in [1.82, 2.24) is 0 Å². The molecule has 29 heavy (non-hydrogen) atoms. The van der Waals surface area contributed by atoms with Crippen molar-refractivity contribution >= 4 is 29.3 Å². The fourth-order valence-electron chi connectivity index (χ4n) is 2.50. The molecule has 0 saturated heterocycles. The number of rotatable bonds is 5. The summed E-state index contributed by atoms with van der Waals surface area (Å²) in [6.07, 6.45) is -0.401. The van der Waals surface area contributed by atoms with Gasteiger partial charge < -0.3 is 15.1 Å². The molecule has 5 nitrogen and oxygen atoms in total. The van der Waals surface area contributed by atoms with Gasteiger partial charge in [-0.1, -0.05) is 18.2 Å². The lowest BCUT2D eigenvalue weighted by Gasteiger charge is -2.13. The first-order valence-electron chi connectivity index (χ1n) is 8.43. The largest absolute Gasteiger partial charge is 0.465 e. The normalized spacial score (nSPS) is 11.4. The van der Waals surface area contributed by atoms with E-state index in [9.17, 15) is 22.8 Å². The zero-order valence-corrected chi connectivity index (χ0v) is 14.9. The molecule has 3 aromatic rings. The number of para-hydroxylation sites is 1. The zero-order valence-electron chi connectivity index (χ0n) is 14.9. The van der Waals surface area contributed by atoms with Crippen molar-refractivity contribution in [2.24, 2.45) is 0 Å². The Labute approximate surface area is 163 Å². The molecular formula is C21H15F3N2O3. The van der Waals surface area contributed by atoms with Gasteiger partial charge in [0.2, 0.25) is 5.91 Å². The van der Waals surface area contributed by atoms with Gasteiger partial charge in [0.25, 0.3) is 5.91 Å². The average Bonchev–Trinajstić information content (AvgIpc) is 3.20. The second kappa shape index (κ2) is 8.47. The van der Waals surface area contributed by atoms with Gasteiger partial charge in [-0.3, -0.25) is 9.59 Å². The maximum Gasteiger partial charge on any atom is 0.418 e. The number of halogens is 3. The number of amides is 2. The Hall–Kier alpha value is -3.81. The number of hydrogen-bond acceptors (Lipinski definition) is 3. The minimum atomic E-state index is -4.60. The SMILES string of the molecule is O=C(C=Cc1ccco1)Nc1cccc(C(=O)Nc2ccccc2C(F)(F)F)c1. The van der Waals surface area contributed by atoms with Crippen molar-refractivity contribution in [3.63, 3.8) is 0 Å². The fourth-order valence-corrected chi connectivity index (χ4v) is 2.50. The molecule has 0 unspecified atom stereocenters. The molecule has 0 aliphatic heterocycles. The van der Waals surface area contributed by atoms with Crippen LogP contribution in [0, 0.1) is 0 Å². The summed E-state index contributed by atoms with van der Waals surface area (Å²) in [7, 11) is 0. The van der Waals surface area contributed by atoms with Gasteiger partial charge in [-0.25, -0.2) is 0 Å². The van der Waals surface area contributed by atoms with Crippen LogP contribution in [0.25, 0.3) is 6.08 Å². The van der Waals surface area contributed by atoms with Crippen LogP contribution in [0.2, 0.25) is 0 Å². The molecule has 1 aromatic heterocycles. The van der Waals surface area contributed by atoms with Crippen LogP contribution in [0.5, 0.6) is 0 Å². The van der Waals surface area contributed by atoms with E-state index in [0.717, 1.165) is 6.07 Å². The molecule has 0 atom stereocenters. The Morgan fingerprint density at radius 2 is 1.72 bits per heavy atom. The minimum Gasteiger partial charge on any atom is -0.465 e. The summed E-state index contributed by atoms with van der Waals surface area (Å²) in [4.78, 5) is 24.4. The van der Waals surface area contributed by atoms with Gasteiger partial charge in [-0.05, 0) is 48.5 Å². The van der Waals surface area contributed by atoms with Crippen molar-refractivity contribution in [3.8, 4) is 0 Å². The molecular weight excluding hydrogens is 385 g/mol. The van der Waals surface area contributed by atoms with E-state index in [0.29, 0.717) is 11.4 Å². The van der Waals surface area contributed by atoms with Crippen LogP contribution in [0.3, 0.4) is 0 Å². The third kappa shape index (κ3) is 5.35. The van der Waals surface area contributed by atoms with Crippen molar-refractivity contribution in [3.05, 3.63) is 89.9 Å². The van der Waals surface area contributed by atoms with Crippen LogP contribution in [-0.2, 0) is 11.0 Å². The zero-order chi connectivity index (χ0) is 20.9. The Balaban J connectivity index is 1.71. The third-order valence-electron chi connectivity index (χ3n) is 3.82. The summed E-state index contributed by atoms with van der Waals surface area (Å²) in [6, 6.07) is 13.9. The monoisotopic (exact) mass is 400 g/mol. The highest BCUT2D eigenvalue weighted by atomic mass is 19.4. The molecule has 0 aliphatic rings. The standard InChI is InChI=1S/C21H15F3N2O3/c22-21(23,24)17-8-1-2-9-18(17)26-20(28)14-5-3-6-15(13-14)25-19(27)11-10-16-7-4-12-29-16/h1-13H,(H,25,27)(H,26,28). The number of carbonyl (C=O) groups excluding carboxylic acids is 2. The first kappa shape index (κ1) is 19.9. The van der Waals surface area contributed by atoms with Crippen molar-refractivity contribution in [2.75, 3.05) is 10.6 Å². The quantitative estimate of drug-likeness (QED) is 0.578. The molecule has 3 rings (SSSR count). The minimum absolute atomic E-state index is 0.0924. The predicted octanol–water partition coefficient (Wildman–Crippen LogP) is 5.20. The molecule has 1 heterocycles. The summed E-state index contributed by atoms with van der Waals surface area (Å²) in [5.74, 6) is -0.693. The number of anilines is 2. The van der Waals surface area contributed by atoms with Gasteiger partial charge >= 0.3 is 6.18 Å². The fraction of sp³-hybridized carbons (Fsp3) is 0.0476. The number of benzene rings is 2. The number of alkyl halides is 3. The topological polar surface area (TPSA) is 71.3 Å². The summed E-state index contributed by atoms with van der Waals surface area (Å²) >= 11 is 0. The lowest BCUT2D eigenvalue weighted by atomic mass is 10.1. The second-order valence-electron chi connectivity index (χ2n) is 5.92. The Kier molecular flexibility index (Phi) is 5.82. The third-order valence-corrected chi connectivity index (χ3v) is 3.82. The summed E-state index contributed by atoms with van der Waals surface area (Å²) in [6.45, 7) is 0. The molecule has 2 aromatic carbocycles. The van der Waals surface area contributed by atoms with Crippen LogP contribution in [0.15, 0.2) is 77.4 Å². The molecule has 0 bridgehead atoms. The molecule has 0 radical (unpaired) electrons. The maximum absolute atomic E-state index is 13.1. The summed E-state index contributed by atoms with van der Waals surface area (Å²) in [5.41, 5.74) is -0.882. The molecule has 0 aliphatic carbocycles. The number of nitrogens with one attached hydrogen (secondary N) is 2. The predicted molar refractivity (Wildman–Crippen MR) is 102 cm³/mol. The highest BCUT2D eigenvalue weighted by Gasteiger charge is 2.33. The van der Waals surface area contributed by atoms with Crippen molar-refractivity contribution in [1.29, 1.82) is 0 Å². The molecule has 2 N–H and O–H groups in total. The van der Waals surface area contributed by atoms with Gasteiger partial charge in [0.05, 0.1) is 17.5 Å². The Morgan fingerprint density at radius 3 is 2.45 bits per heavy atom. The lowest BCUT2D eigenvalue weighted by Crippen LogP contribution is -2.17. The van der Waals surface area contributed by atoms with E-state index in [1.165, 1.54) is 54.8 Å². The Bertz CT molecular complexity index is 1040. The van der Waals surface area contributed by atoms with Crippen LogP contribution < -0.4 is 10.6 Å². The molecule has 0 fully saturated rings. The molecule has 2 amide bonds. The van der Waals surface area contributed by atoms with Gasteiger partial charge in [0, 0.05) is 17.3 Å². The second-order valence-corrected chi connectivity index (χ2v) is 5.92. The van der Waals surface area contributed by atoms with Gasteiger partial charge in [-0.15, -0.1) is 0 Å². The van der Waals surface area contributed by atoms with Gasteiger partial charge in [0.15, 0.2) is 0 Å². The molecule has 148 valence electrons. The van der Waals surface area contributed by atoms with Gasteiger partial charge in [0.1, 0.15) is 5.76 Å². The van der Waals surface area contributed by atoms with E-state index in [-0.39, 0.29) is 11.3 Å². The van der Waals surface area contributed by atoms with E-state index >= 15 is 0 Å². The molecule has 8 heteroatoms. The average molecular weight is 400 g/mol. The molecule has 0 spiro atoms. The summed E-state index contributed by atoms with van der Waals surface area (Å²) in [5, 5.41) is 4.83. The van der Waals surface area contributed by atoms with E-state index < -0.39 is 23.6 Å². The van der Waals surface area contributed by atoms with Crippen molar-refractivity contribution < 1.29 is 27.2 Å². The number of furan rings is 1. The van der Waals surface area contributed by atoms with Gasteiger partial charge in [-0.2, -0.15) is 13.2 Å². The van der Waals surface area contributed by atoms with E-state index in [1.807, 2.05) is 0 Å². The molecule has 0 saturated carbocycles. The Morgan fingerprint density at radius 1 is 0.931 bits per heavy atom. The highest BCUT2D eigenvalue weighted by Crippen LogP contribution is 2.34. The summed E-state index contributed by atoms with van der Waals surface area (Å²) < 4.78 is 44.3. The number of carbonyl (C=O) groups is 2. The van der Waals surface area contributed by atoms with Crippen molar-refractivity contribution in [2.45, 2.75) is 6.18 Å².